The first-order chi connectivity index (χ1) is 8.49. The van der Waals surface area contributed by atoms with E-state index in [9.17, 15) is 13.2 Å². The second-order valence-electron chi connectivity index (χ2n) is 4.89. The molecule has 1 rings (SSSR count). The summed E-state index contributed by atoms with van der Waals surface area (Å²) in [5, 5.41) is -0.929. The highest BCUT2D eigenvalue weighted by atomic mass is 32.2. The SMILES string of the molecule is CC(C(=O)N1CCCCCC1)S(=O)(=O)CCCN. The quantitative estimate of drug-likeness (QED) is 0.795. The van der Waals surface area contributed by atoms with Gasteiger partial charge >= 0.3 is 0 Å². The van der Waals surface area contributed by atoms with Gasteiger partial charge in [-0.3, -0.25) is 4.79 Å². The van der Waals surface area contributed by atoms with Crippen LogP contribution in [0, 0.1) is 0 Å². The van der Waals surface area contributed by atoms with Gasteiger partial charge in [0.2, 0.25) is 5.91 Å². The Hall–Kier alpha value is -0.620. The predicted octanol–water partition coefficient (Wildman–Crippen LogP) is 0.541. The average Bonchev–Trinajstić information content (AvgIpc) is 2.63. The molecule has 1 fully saturated rings. The molecule has 0 aromatic heterocycles. The van der Waals surface area contributed by atoms with E-state index in [-0.39, 0.29) is 11.7 Å². The summed E-state index contributed by atoms with van der Waals surface area (Å²) in [6.07, 6.45) is 4.61. The molecule has 0 aliphatic carbocycles. The monoisotopic (exact) mass is 276 g/mol. The zero-order valence-corrected chi connectivity index (χ0v) is 11.9. The molecule has 1 amide bonds. The second kappa shape index (κ2) is 7.09. The largest absolute Gasteiger partial charge is 0.342 e. The van der Waals surface area contributed by atoms with Crippen LogP contribution in [0.15, 0.2) is 0 Å². The number of carbonyl (C=O) groups excluding carboxylic acids is 1. The zero-order chi connectivity index (χ0) is 13.6. The Kier molecular flexibility index (Phi) is 6.08. The van der Waals surface area contributed by atoms with Crippen LogP contribution < -0.4 is 5.73 Å². The smallest absolute Gasteiger partial charge is 0.240 e. The fourth-order valence-corrected chi connectivity index (χ4v) is 3.54. The van der Waals surface area contributed by atoms with Crippen molar-refractivity contribution in [3.8, 4) is 0 Å². The summed E-state index contributed by atoms with van der Waals surface area (Å²) in [5.41, 5.74) is 5.32. The molecule has 1 atom stereocenters. The van der Waals surface area contributed by atoms with Crippen molar-refractivity contribution < 1.29 is 13.2 Å². The predicted molar refractivity (Wildman–Crippen MR) is 72.0 cm³/mol. The van der Waals surface area contributed by atoms with Gasteiger partial charge in [0.05, 0.1) is 5.75 Å². The van der Waals surface area contributed by atoms with Crippen LogP contribution in [0.25, 0.3) is 0 Å². The maximum absolute atomic E-state index is 12.2. The maximum atomic E-state index is 12.2. The summed E-state index contributed by atoms with van der Waals surface area (Å²) >= 11 is 0. The first-order valence-corrected chi connectivity index (χ1v) is 8.41. The lowest BCUT2D eigenvalue weighted by atomic mass is 10.2. The van der Waals surface area contributed by atoms with Gasteiger partial charge in [-0.05, 0) is 32.7 Å². The Morgan fingerprint density at radius 2 is 1.78 bits per heavy atom. The molecule has 2 N–H and O–H groups in total. The van der Waals surface area contributed by atoms with E-state index in [1.54, 1.807) is 4.90 Å². The molecule has 18 heavy (non-hydrogen) atoms. The van der Waals surface area contributed by atoms with Crippen molar-refractivity contribution in [2.45, 2.75) is 44.3 Å². The standard InChI is InChI=1S/C12H24N2O3S/c1-11(18(16,17)10-6-7-13)12(15)14-8-4-2-3-5-9-14/h11H,2-10,13H2,1H3. The van der Waals surface area contributed by atoms with Crippen LogP contribution in [0.5, 0.6) is 0 Å². The van der Waals surface area contributed by atoms with Crippen molar-refractivity contribution in [1.82, 2.24) is 4.90 Å². The normalized spacial score (nSPS) is 19.3. The summed E-state index contributed by atoms with van der Waals surface area (Å²) in [4.78, 5) is 13.9. The van der Waals surface area contributed by atoms with E-state index < -0.39 is 15.1 Å². The van der Waals surface area contributed by atoms with Gasteiger partial charge in [0, 0.05) is 13.1 Å². The van der Waals surface area contributed by atoms with E-state index in [0.717, 1.165) is 25.7 Å². The molecule has 0 bridgehead atoms. The van der Waals surface area contributed by atoms with Gasteiger partial charge in [-0.25, -0.2) is 8.42 Å². The summed E-state index contributed by atoms with van der Waals surface area (Å²) in [5.74, 6) is -0.238. The highest BCUT2D eigenvalue weighted by molar-refractivity contribution is 7.92. The van der Waals surface area contributed by atoms with Crippen molar-refractivity contribution in [3.05, 3.63) is 0 Å². The number of nitrogens with zero attached hydrogens (tertiary/aromatic N) is 1. The van der Waals surface area contributed by atoms with Crippen LogP contribution in [0.3, 0.4) is 0 Å². The van der Waals surface area contributed by atoms with Crippen molar-refractivity contribution in [1.29, 1.82) is 0 Å². The van der Waals surface area contributed by atoms with Gasteiger partial charge in [0.1, 0.15) is 5.25 Å². The first kappa shape index (κ1) is 15.4. The molecule has 1 saturated heterocycles. The number of sulfone groups is 1. The summed E-state index contributed by atoms with van der Waals surface area (Å²) in [6, 6.07) is 0. The number of likely N-dealkylation sites (tertiary alicyclic amines) is 1. The van der Waals surface area contributed by atoms with Gasteiger partial charge in [-0.1, -0.05) is 12.8 Å². The van der Waals surface area contributed by atoms with Crippen molar-refractivity contribution >= 4 is 15.7 Å². The van der Waals surface area contributed by atoms with E-state index in [2.05, 4.69) is 0 Å². The van der Waals surface area contributed by atoms with Crippen LogP contribution in [0.1, 0.15) is 39.0 Å². The highest BCUT2D eigenvalue weighted by Crippen LogP contribution is 2.14. The lowest BCUT2D eigenvalue weighted by Gasteiger charge is -2.24. The summed E-state index contributed by atoms with van der Waals surface area (Å²) in [6.45, 7) is 3.22. The van der Waals surface area contributed by atoms with Gasteiger partial charge in [0.15, 0.2) is 9.84 Å². The third-order valence-corrected chi connectivity index (χ3v) is 5.57. The number of carbonyl (C=O) groups is 1. The van der Waals surface area contributed by atoms with Crippen LogP contribution in [0.4, 0.5) is 0 Å². The molecule has 0 aromatic carbocycles. The highest BCUT2D eigenvalue weighted by Gasteiger charge is 2.31. The van der Waals surface area contributed by atoms with E-state index in [1.807, 2.05) is 0 Å². The molecular formula is C12H24N2O3S. The summed E-state index contributed by atoms with van der Waals surface area (Å²) < 4.78 is 23.9. The molecule has 5 nitrogen and oxygen atoms in total. The van der Waals surface area contributed by atoms with E-state index in [1.165, 1.54) is 6.92 Å². The number of rotatable bonds is 5. The number of amides is 1. The van der Waals surface area contributed by atoms with Crippen LogP contribution >= 0.6 is 0 Å². The first-order valence-electron chi connectivity index (χ1n) is 6.69. The molecule has 0 spiro atoms. The van der Waals surface area contributed by atoms with E-state index in [4.69, 9.17) is 5.73 Å². The molecule has 1 aliphatic heterocycles. The minimum atomic E-state index is -3.35. The topological polar surface area (TPSA) is 80.5 Å². The Balaban J connectivity index is 2.64. The Labute approximate surface area is 110 Å². The Morgan fingerprint density at radius 1 is 1.22 bits per heavy atom. The van der Waals surface area contributed by atoms with Crippen molar-refractivity contribution in [2.75, 3.05) is 25.4 Å². The van der Waals surface area contributed by atoms with E-state index >= 15 is 0 Å². The van der Waals surface area contributed by atoms with Gasteiger partial charge in [-0.2, -0.15) is 0 Å². The molecule has 0 radical (unpaired) electrons. The number of hydrogen-bond donors (Lipinski definition) is 1. The molecule has 6 heteroatoms. The molecule has 106 valence electrons. The minimum absolute atomic E-state index is 0.00421. The Morgan fingerprint density at radius 3 is 2.28 bits per heavy atom. The molecule has 1 aliphatic rings. The second-order valence-corrected chi connectivity index (χ2v) is 7.33. The molecule has 1 unspecified atom stereocenters. The van der Waals surface area contributed by atoms with Gasteiger partial charge < -0.3 is 10.6 Å². The lowest BCUT2D eigenvalue weighted by molar-refractivity contribution is -0.130. The lowest BCUT2D eigenvalue weighted by Crippen LogP contribution is -2.42. The molecular weight excluding hydrogens is 252 g/mol. The Bertz CT molecular complexity index is 360. The third kappa shape index (κ3) is 4.24. The third-order valence-electron chi connectivity index (χ3n) is 3.44. The minimum Gasteiger partial charge on any atom is -0.342 e. The number of hydrogen-bond acceptors (Lipinski definition) is 4. The van der Waals surface area contributed by atoms with Crippen LogP contribution in [-0.4, -0.2) is 49.9 Å². The van der Waals surface area contributed by atoms with Crippen molar-refractivity contribution in [3.63, 3.8) is 0 Å². The van der Waals surface area contributed by atoms with Gasteiger partial charge in [-0.15, -0.1) is 0 Å². The summed E-state index contributed by atoms with van der Waals surface area (Å²) in [7, 11) is -3.35. The van der Waals surface area contributed by atoms with E-state index in [0.29, 0.717) is 26.1 Å². The molecule has 0 saturated carbocycles. The van der Waals surface area contributed by atoms with Gasteiger partial charge in [0.25, 0.3) is 0 Å². The van der Waals surface area contributed by atoms with Crippen LogP contribution in [0.2, 0.25) is 0 Å². The van der Waals surface area contributed by atoms with Crippen molar-refractivity contribution in [2.24, 2.45) is 5.73 Å². The average molecular weight is 276 g/mol. The number of nitrogens with two attached hydrogens (primary N) is 1. The molecule has 0 aromatic rings. The fourth-order valence-electron chi connectivity index (χ4n) is 2.16. The van der Waals surface area contributed by atoms with Crippen LogP contribution in [-0.2, 0) is 14.6 Å². The maximum Gasteiger partial charge on any atom is 0.240 e. The molecule has 1 heterocycles. The zero-order valence-electron chi connectivity index (χ0n) is 11.1. The fraction of sp³-hybridized carbons (Fsp3) is 0.917.